The van der Waals surface area contributed by atoms with E-state index in [0.29, 0.717) is 11.5 Å². The molecule has 1 N–H and O–H groups in total. The highest BCUT2D eigenvalue weighted by molar-refractivity contribution is 5.88. The molecule has 3 rings (SSSR count). The molecule has 0 heterocycles. The van der Waals surface area contributed by atoms with E-state index in [4.69, 9.17) is 4.74 Å². The van der Waals surface area contributed by atoms with Crippen LogP contribution in [0.5, 0.6) is 0 Å². The van der Waals surface area contributed by atoms with Gasteiger partial charge >= 0.3 is 12.1 Å². The molecule has 2 unspecified atom stereocenters. The highest BCUT2D eigenvalue weighted by atomic mass is 16.6. The Hall–Kier alpha value is -2.04. The molecule has 1 amide bonds. The van der Waals surface area contributed by atoms with Gasteiger partial charge in [-0.2, -0.15) is 0 Å². The van der Waals surface area contributed by atoms with Crippen LogP contribution in [0, 0.1) is 12.8 Å². The molecule has 25 heavy (non-hydrogen) atoms. The third-order valence-electron chi connectivity index (χ3n) is 4.86. The summed E-state index contributed by atoms with van der Waals surface area (Å²) in [6, 6.07) is 5.35. The van der Waals surface area contributed by atoms with Gasteiger partial charge < -0.3 is 14.7 Å². The van der Waals surface area contributed by atoms with Crippen LogP contribution in [0.2, 0.25) is 0 Å². The van der Waals surface area contributed by atoms with Crippen molar-refractivity contribution < 1.29 is 19.4 Å². The van der Waals surface area contributed by atoms with Crippen LogP contribution in [0.4, 0.5) is 4.79 Å². The number of rotatable bonds is 5. The molecule has 2 fully saturated rings. The molecule has 1 aromatic carbocycles. The molecule has 0 saturated heterocycles. The Balaban J connectivity index is 1.77. The Morgan fingerprint density at radius 1 is 1.28 bits per heavy atom. The summed E-state index contributed by atoms with van der Waals surface area (Å²) >= 11 is 0. The third kappa shape index (κ3) is 4.33. The van der Waals surface area contributed by atoms with E-state index in [-0.39, 0.29) is 18.1 Å². The smallest absolute Gasteiger partial charge is 0.410 e. The van der Waals surface area contributed by atoms with Crippen molar-refractivity contribution in [2.45, 2.75) is 64.5 Å². The predicted molar refractivity (Wildman–Crippen MR) is 94.9 cm³/mol. The second-order valence-electron chi connectivity index (χ2n) is 8.36. The van der Waals surface area contributed by atoms with Crippen LogP contribution in [0.1, 0.15) is 67.4 Å². The maximum absolute atomic E-state index is 12.7. The number of carbonyl (C=O) groups is 2. The summed E-state index contributed by atoms with van der Waals surface area (Å²) in [6.45, 7) is 8.38. The molecule has 0 bridgehead atoms. The van der Waals surface area contributed by atoms with Gasteiger partial charge in [-0.05, 0) is 76.1 Å². The number of amides is 1. The summed E-state index contributed by atoms with van der Waals surface area (Å²) in [7, 11) is 0. The predicted octanol–water partition coefficient (Wildman–Crippen LogP) is 4.20. The molecule has 5 heteroatoms. The molecule has 0 spiro atoms. The monoisotopic (exact) mass is 345 g/mol. The molecule has 0 aliphatic heterocycles. The van der Waals surface area contributed by atoms with Crippen LogP contribution < -0.4 is 0 Å². The average Bonchev–Trinajstić information content (AvgIpc) is 3.38. The first-order valence-electron chi connectivity index (χ1n) is 8.99. The molecule has 5 nitrogen and oxygen atoms in total. The highest BCUT2D eigenvalue weighted by Crippen LogP contribution is 2.47. The van der Waals surface area contributed by atoms with Gasteiger partial charge in [0.25, 0.3) is 0 Å². The Kier molecular flexibility index (Phi) is 4.52. The molecule has 0 radical (unpaired) electrons. The van der Waals surface area contributed by atoms with E-state index in [1.54, 1.807) is 12.1 Å². The normalized spacial score (nSPS) is 22.4. The number of nitrogens with zero attached hydrogens (tertiary/aromatic N) is 1. The maximum Gasteiger partial charge on any atom is 0.410 e. The lowest BCUT2D eigenvalue weighted by Crippen LogP contribution is -2.40. The van der Waals surface area contributed by atoms with Gasteiger partial charge in [-0.15, -0.1) is 0 Å². The first-order valence-corrected chi connectivity index (χ1v) is 8.99. The van der Waals surface area contributed by atoms with Crippen LogP contribution in [-0.2, 0) is 4.74 Å². The minimum atomic E-state index is -0.916. The fraction of sp³-hybridized carbons (Fsp3) is 0.600. The summed E-state index contributed by atoms with van der Waals surface area (Å²) in [5, 5.41) is 9.24. The van der Waals surface area contributed by atoms with Gasteiger partial charge in [0.2, 0.25) is 0 Å². The zero-order valence-electron chi connectivity index (χ0n) is 15.4. The standard InChI is InChI=1S/C20H27NO4/c1-12-5-8-14(18(22)23)9-15(12)16-10-17(16)21(11-13-6-7-13)19(24)25-20(2,3)4/h5,8-9,13,16-17H,6-7,10-11H2,1-4H3,(H,22,23). The molecule has 2 saturated carbocycles. The highest BCUT2D eigenvalue weighted by Gasteiger charge is 2.48. The Labute approximate surface area is 149 Å². The van der Waals surface area contributed by atoms with E-state index in [1.165, 1.54) is 12.8 Å². The Morgan fingerprint density at radius 3 is 2.52 bits per heavy atom. The van der Waals surface area contributed by atoms with Crippen molar-refractivity contribution in [1.82, 2.24) is 4.90 Å². The van der Waals surface area contributed by atoms with E-state index in [0.717, 1.165) is 24.1 Å². The Bertz CT molecular complexity index is 687. The summed E-state index contributed by atoms with van der Waals surface area (Å²) in [5.41, 5.74) is 1.90. The average molecular weight is 345 g/mol. The van der Waals surface area contributed by atoms with E-state index < -0.39 is 11.6 Å². The zero-order valence-corrected chi connectivity index (χ0v) is 15.4. The number of carbonyl (C=O) groups excluding carboxylic acids is 1. The lowest BCUT2D eigenvalue weighted by Gasteiger charge is -2.28. The summed E-state index contributed by atoms with van der Waals surface area (Å²) in [6.07, 6.45) is 2.96. The lowest BCUT2D eigenvalue weighted by atomic mass is 10.0. The molecule has 2 atom stereocenters. The first kappa shape index (κ1) is 17.8. The number of benzene rings is 1. The van der Waals surface area contributed by atoms with Gasteiger partial charge in [0, 0.05) is 18.5 Å². The molecular formula is C20H27NO4. The molecule has 2 aliphatic rings. The zero-order chi connectivity index (χ0) is 18.4. The lowest BCUT2D eigenvalue weighted by molar-refractivity contribution is 0.0220. The van der Waals surface area contributed by atoms with E-state index in [1.807, 2.05) is 38.7 Å². The molecule has 136 valence electrons. The third-order valence-corrected chi connectivity index (χ3v) is 4.86. The summed E-state index contributed by atoms with van der Waals surface area (Å²) in [5.74, 6) is -0.133. The van der Waals surface area contributed by atoms with E-state index >= 15 is 0 Å². The minimum absolute atomic E-state index is 0.109. The number of carboxylic acid groups (broad SMARTS) is 1. The van der Waals surface area contributed by atoms with Crippen molar-refractivity contribution in [1.29, 1.82) is 0 Å². The van der Waals surface area contributed by atoms with Gasteiger partial charge in [-0.1, -0.05) is 6.07 Å². The van der Waals surface area contributed by atoms with Crippen LogP contribution in [-0.4, -0.2) is 40.3 Å². The second-order valence-corrected chi connectivity index (χ2v) is 8.36. The van der Waals surface area contributed by atoms with Crippen molar-refractivity contribution in [3.05, 3.63) is 34.9 Å². The fourth-order valence-electron chi connectivity index (χ4n) is 3.28. The number of carboxylic acids is 1. The quantitative estimate of drug-likeness (QED) is 0.868. The van der Waals surface area contributed by atoms with Crippen LogP contribution in [0.3, 0.4) is 0 Å². The van der Waals surface area contributed by atoms with Gasteiger partial charge in [-0.3, -0.25) is 0 Å². The van der Waals surface area contributed by atoms with Crippen molar-refractivity contribution in [2.24, 2.45) is 5.92 Å². The van der Waals surface area contributed by atoms with Crippen molar-refractivity contribution in [3.63, 3.8) is 0 Å². The van der Waals surface area contributed by atoms with Gasteiger partial charge in [-0.25, -0.2) is 9.59 Å². The fourth-order valence-corrected chi connectivity index (χ4v) is 3.28. The largest absolute Gasteiger partial charge is 0.478 e. The van der Waals surface area contributed by atoms with E-state index in [9.17, 15) is 14.7 Å². The molecule has 2 aliphatic carbocycles. The first-order chi connectivity index (χ1) is 11.7. The SMILES string of the molecule is Cc1ccc(C(=O)O)cc1C1CC1N(CC1CC1)C(=O)OC(C)(C)C. The number of aryl methyl sites for hydroxylation is 1. The number of ether oxygens (including phenoxy) is 1. The van der Waals surface area contributed by atoms with Crippen molar-refractivity contribution in [2.75, 3.05) is 6.54 Å². The minimum Gasteiger partial charge on any atom is -0.478 e. The Morgan fingerprint density at radius 2 is 1.96 bits per heavy atom. The molecule has 1 aromatic rings. The number of hydrogen-bond donors (Lipinski definition) is 1. The van der Waals surface area contributed by atoms with Gasteiger partial charge in [0.1, 0.15) is 5.60 Å². The van der Waals surface area contributed by atoms with Crippen LogP contribution in [0.15, 0.2) is 18.2 Å². The van der Waals surface area contributed by atoms with Crippen molar-refractivity contribution in [3.8, 4) is 0 Å². The van der Waals surface area contributed by atoms with Crippen LogP contribution in [0.25, 0.3) is 0 Å². The number of hydrogen-bond acceptors (Lipinski definition) is 3. The van der Waals surface area contributed by atoms with E-state index in [2.05, 4.69) is 0 Å². The van der Waals surface area contributed by atoms with Crippen molar-refractivity contribution >= 4 is 12.1 Å². The summed E-state index contributed by atoms with van der Waals surface area (Å²) < 4.78 is 5.60. The second kappa shape index (κ2) is 6.36. The topological polar surface area (TPSA) is 66.8 Å². The molecular weight excluding hydrogens is 318 g/mol. The molecule has 0 aromatic heterocycles. The van der Waals surface area contributed by atoms with Gasteiger partial charge in [0.15, 0.2) is 0 Å². The maximum atomic E-state index is 12.7. The van der Waals surface area contributed by atoms with Gasteiger partial charge in [0.05, 0.1) is 5.56 Å². The number of aromatic carboxylic acids is 1. The van der Waals surface area contributed by atoms with Crippen LogP contribution >= 0.6 is 0 Å². The summed E-state index contributed by atoms with van der Waals surface area (Å²) in [4.78, 5) is 25.8.